The zero-order valence-electron chi connectivity index (χ0n) is 17.0. The number of piperidine rings is 1. The first-order valence-corrected chi connectivity index (χ1v) is 9.99. The predicted molar refractivity (Wildman–Crippen MR) is 107 cm³/mol. The minimum atomic E-state index is -0.450. The molecule has 0 aliphatic carbocycles. The molecule has 2 heterocycles. The summed E-state index contributed by atoms with van der Waals surface area (Å²) in [6.07, 6.45) is 6.17. The van der Waals surface area contributed by atoms with Gasteiger partial charge in [-0.05, 0) is 51.7 Å². The number of hydrogen-bond acceptors (Lipinski definition) is 5. The molecule has 1 amide bonds. The smallest absolute Gasteiger partial charge is 0.410 e. The van der Waals surface area contributed by atoms with Crippen LogP contribution in [0, 0.1) is 11.8 Å². The van der Waals surface area contributed by atoms with Crippen molar-refractivity contribution in [2.45, 2.75) is 39.2 Å². The Hall–Kier alpha value is -2.34. The molecule has 6 heteroatoms. The number of rotatable bonds is 4. The molecular weight excluding hydrogens is 356 g/mol. The summed E-state index contributed by atoms with van der Waals surface area (Å²) in [4.78, 5) is 31.3. The van der Waals surface area contributed by atoms with Gasteiger partial charge in [0.1, 0.15) is 5.60 Å². The van der Waals surface area contributed by atoms with Crippen LogP contribution in [0.2, 0.25) is 0 Å². The molecule has 2 aliphatic rings. The van der Waals surface area contributed by atoms with Gasteiger partial charge in [-0.25, -0.2) is 9.59 Å². The Morgan fingerprint density at radius 2 is 1.61 bits per heavy atom. The standard InChI is InChI=1S/C22H30N2O4/c1-22(2,3)27-21(26)23-13-11-17(12-14-23)9-10-18-15-24(16-18)28-20(25)19-7-5-4-6-8-19/h4-10,17-18H,11-16H2,1-3H3/b10-9+. The van der Waals surface area contributed by atoms with Gasteiger partial charge in [0, 0.05) is 32.1 Å². The van der Waals surface area contributed by atoms with Gasteiger partial charge in [-0.15, -0.1) is 5.06 Å². The van der Waals surface area contributed by atoms with Gasteiger partial charge in [0.05, 0.1) is 5.56 Å². The number of likely N-dealkylation sites (tertiary alicyclic amines) is 1. The lowest BCUT2D eigenvalue weighted by molar-refractivity contribution is -0.164. The quantitative estimate of drug-likeness (QED) is 0.735. The number of amides is 1. The normalized spacial score (nSPS) is 19.5. The maximum Gasteiger partial charge on any atom is 0.410 e. The number of benzene rings is 1. The highest BCUT2D eigenvalue weighted by Crippen LogP contribution is 2.24. The Morgan fingerprint density at radius 3 is 2.21 bits per heavy atom. The van der Waals surface area contributed by atoms with Crippen molar-refractivity contribution in [3.05, 3.63) is 48.0 Å². The van der Waals surface area contributed by atoms with Gasteiger partial charge in [-0.1, -0.05) is 30.4 Å². The monoisotopic (exact) mass is 386 g/mol. The van der Waals surface area contributed by atoms with Crippen molar-refractivity contribution in [1.82, 2.24) is 9.96 Å². The molecule has 0 N–H and O–H groups in total. The molecule has 0 unspecified atom stereocenters. The number of ether oxygens (including phenoxy) is 1. The summed E-state index contributed by atoms with van der Waals surface area (Å²) < 4.78 is 5.43. The Labute approximate surface area is 167 Å². The Morgan fingerprint density at radius 1 is 1.00 bits per heavy atom. The van der Waals surface area contributed by atoms with Crippen LogP contribution >= 0.6 is 0 Å². The Balaban J connectivity index is 1.34. The summed E-state index contributed by atoms with van der Waals surface area (Å²) in [5, 5.41) is 1.70. The maximum absolute atomic E-state index is 12.1. The molecule has 0 radical (unpaired) electrons. The molecule has 2 saturated heterocycles. The molecule has 0 atom stereocenters. The van der Waals surface area contributed by atoms with E-state index in [4.69, 9.17) is 9.57 Å². The van der Waals surface area contributed by atoms with E-state index in [9.17, 15) is 9.59 Å². The second-order valence-corrected chi connectivity index (χ2v) is 8.54. The molecule has 152 valence electrons. The molecule has 0 bridgehead atoms. The molecular formula is C22H30N2O4. The summed E-state index contributed by atoms with van der Waals surface area (Å²) in [6, 6.07) is 9.03. The SMILES string of the molecule is CC(C)(C)OC(=O)N1CCC(/C=C/C2CN(OC(=O)c3ccccc3)C2)CC1. The number of nitrogens with zero attached hydrogens (tertiary/aromatic N) is 2. The molecule has 1 aromatic carbocycles. The summed E-state index contributed by atoms with van der Waals surface area (Å²) in [5.41, 5.74) is 0.117. The summed E-state index contributed by atoms with van der Waals surface area (Å²) in [6.45, 7) is 8.58. The van der Waals surface area contributed by atoms with E-state index >= 15 is 0 Å². The van der Waals surface area contributed by atoms with Crippen LogP contribution in [0.1, 0.15) is 44.0 Å². The van der Waals surface area contributed by atoms with Crippen molar-refractivity contribution in [2.24, 2.45) is 11.8 Å². The second kappa shape index (κ2) is 8.78. The average Bonchev–Trinajstić information content (AvgIpc) is 2.63. The van der Waals surface area contributed by atoms with Crippen LogP contribution in [0.25, 0.3) is 0 Å². The fourth-order valence-electron chi connectivity index (χ4n) is 3.33. The maximum atomic E-state index is 12.1. The average molecular weight is 386 g/mol. The molecule has 2 fully saturated rings. The minimum Gasteiger partial charge on any atom is -0.444 e. The van der Waals surface area contributed by atoms with Gasteiger partial charge in [0.25, 0.3) is 0 Å². The fraction of sp³-hybridized carbons (Fsp3) is 0.545. The van der Waals surface area contributed by atoms with Crippen LogP contribution in [-0.4, -0.2) is 53.8 Å². The van der Waals surface area contributed by atoms with E-state index in [0.717, 1.165) is 39.0 Å². The fourth-order valence-corrected chi connectivity index (χ4v) is 3.33. The summed E-state index contributed by atoms with van der Waals surface area (Å²) in [5.74, 6) is 0.588. The van der Waals surface area contributed by atoms with Crippen LogP contribution in [0.5, 0.6) is 0 Å². The lowest BCUT2D eigenvalue weighted by Gasteiger charge is -2.36. The highest BCUT2D eigenvalue weighted by Gasteiger charge is 2.29. The van der Waals surface area contributed by atoms with Crippen LogP contribution in [0.4, 0.5) is 4.79 Å². The molecule has 3 rings (SSSR count). The predicted octanol–water partition coefficient (Wildman–Crippen LogP) is 3.89. The van der Waals surface area contributed by atoms with Gasteiger partial charge in [0.15, 0.2) is 0 Å². The topological polar surface area (TPSA) is 59.1 Å². The third-order valence-corrected chi connectivity index (χ3v) is 4.94. The highest BCUT2D eigenvalue weighted by molar-refractivity contribution is 5.89. The van der Waals surface area contributed by atoms with E-state index in [1.54, 1.807) is 22.1 Å². The summed E-state index contributed by atoms with van der Waals surface area (Å²) in [7, 11) is 0. The van der Waals surface area contributed by atoms with Gasteiger partial charge in [0.2, 0.25) is 0 Å². The van der Waals surface area contributed by atoms with Gasteiger partial charge in [-0.2, -0.15) is 0 Å². The van der Waals surface area contributed by atoms with Crippen LogP contribution in [-0.2, 0) is 9.57 Å². The largest absolute Gasteiger partial charge is 0.444 e. The van der Waals surface area contributed by atoms with E-state index < -0.39 is 5.60 Å². The van der Waals surface area contributed by atoms with Gasteiger partial charge >= 0.3 is 12.1 Å². The Kier molecular flexibility index (Phi) is 6.39. The molecule has 0 saturated carbocycles. The van der Waals surface area contributed by atoms with Crippen molar-refractivity contribution in [1.29, 1.82) is 0 Å². The lowest BCUT2D eigenvalue weighted by atomic mass is 9.93. The number of hydroxylamine groups is 2. The van der Waals surface area contributed by atoms with E-state index in [0.29, 0.717) is 17.4 Å². The molecule has 0 aromatic heterocycles. The zero-order chi connectivity index (χ0) is 20.1. The second-order valence-electron chi connectivity index (χ2n) is 8.54. The van der Waals surface area contributed by atoms with Crippen molar-refractivity contribution in [3.8, 4) is 0 Å². The third kappa shape index (κ3) is 5.83. The van der Waals surface area contributed by atoms with Crippen LogP contribution in [0.15, 0.2) is 42.5 Å². The number of carbonyl (C=O) groups is 2. The highest BCUT2D eigenvalue weighted by atomic mass is 16.7. The van der Waals surface area contributed by atoms with Gasteiger partial charge in [-0.3, -0.25) is 0 Å². The molecule has 28 heavy (non-hydrogen) atoms. The van der Waals surface area contributed by atoms with Gasteiger partial charge < -0.3 is 14.5 Å². The van der Waals surface area contributed by atoms with Crippen molar-refractivity contribution in [2.75, 3.05) is 26.2 Å². The first kappa shape index (κ1) is 20.4. The van der Waals surface area contributed by atoms with Crippen LogP contribution in [0.3, 0.4) is 0 Å². The van der Waals surface area contributed by atoms with E-state index in [-0.39, 0.29) is 12.1 Å². The van der Waals surface area contributed by atoms with Crippen molar-refractivity contribution < 1.29 is 19.2 Å². The Bertz CT molecular complexity index is 697. The van der Waals surface area contributed by atoms with Crippen molar-refractivity contribution in [3.63, 3.8) is 0 Å². The minimum absolute atomic E-state index is 0.218. The van der Waals surface area contributed by atoms with E-state index in [1.165, 1.54) is 0 Å². The molecule has 1 aromatic rings. The number of hydrogen-bond donors (Lipinski definition) is 0. The van der Waals surface area contributed by atoms with E-state index in [2.05, 4.69) is 12.2 Å². The zero-order valence-corrected chi connectivity index (χ0v) is 17.0. The van der Waals surface area contributed by atoms with E-state index in [1.807, 2.05) is 39.0 Å². The lowest BCUT2D eigenvalue weighted by Crippen LogP contribution is -2.46. The molecule has 2 aliphatic heterocycles. The van der Waals surface area contributed by atoms with Crippen molar-refractivity contribution >= 4 is 12.1 Å². The first-order valence-electron chi connectivity index (χ1n) is 9.99. The molecule has 6 nitrogen and oxygen atoms in total. The number of allylic oxidation sites excluding steroid dienone is 1. The molecule has 0 spiro atoms. The summed E-state index contributed by atoms with van der Waals surface area (Å²) >= 11 is 0. The third-order valence-electron chi connectivity index (χ3n) is 4.94. The number of carbonyl (C=O) groups excluding carboxylic acids is 2. The first-order chi connectivity index (χ1) is 13.3. The van der Waals surface area contributed by atoms with Crippen LogP contribution < -0.4 is 0 Å².